The van der Waals surface area contributed by atoms with Crippen LogP contribution in [-0.2, 0) is 11.2 Å². The minimum atomic E-state index is -0.406. The summed E-state index contributed by atoms with van der Waals surface area (Å²) in [5.41, 5.74) is 9.72. The number of carbonyl (C=O) groups excluding carboxylic acids is 2. The van der Waals surface area contributed by atoms with E-state index in [2.05, 4.69) is 9.80 Å². The molecule has 2 heterocycles. The number of piperazine rings is 1. The maximum atomic E-state index is 12.0. The van der Waals surface area contributed by atoms with Crippen LogP contribution in [0, 0.1) is 0 Å². The Kier molecular flexibility index (Phi) is 6.74. The lowest BCUT2D eigenvalue weighted by Crippen LogP contribution is -2.47. The van der Waals surface area contributed by atoms with Gasteiger partial charge in [0, 0.05) is 56.6 Å². The first kappa shape index (κ1) is 22.3. The first-order chi connectivity index (χ1) is 15.4. The summed E-state index contributed by atoms with van der Waals surface area (Å²) in [5.74, 6) is -0.811. The number of nitrogens with two attached hydrogens (primary N) is 1. The molecule has 4 rings (SSSR count). The van der Waals surface area contributed by atoms with E-state index < -0.39 is 11.8 Å². The van der Waals surface area contributed by atoms with Crippen LogP contribution in [0.25, 0.3) is 0 Å². The molecule has 0 spiro atoms. The monoisotopic (exact) mass is 438 g/mol. The van der Waals surface area contributed by atoms with Crippen molar-refractivity contribution in [2.75, 3.05) is 51.3 Å². The molecule has 0 aliphatic carbocycles. The van der Waals surface area contributed by atoms with Crippen molar-refractivity contribution >= 4 is 17.5 Å². The Bertz CT molecular complexity index is 968. The molecule has 0 bridgehead atoms. The molecule has 2 amide bonds. The fraction of sp³-hybridized carbons (Fsp3) is 0.417. The predicted octanol–water partition coefficient (Wildman–Crippen LogP) is 2.07. The third-order valence-corrected chi connectivity index (χ3v) is 6.32. The van der Waals surface area contributed by atoms with Crippen LogP contribution in [0.1, 0.15) is 44.4 Å². The van der Waals surface area contributed by atoms with E-state index in [4.69, 9.17) is 10.5 Å². The van der Waals surface area contributed by atoms with E-state index in [0.717, 1.165) is 62.4 Å². The average molecular weight is 439 g/mol. The highest BCUT2D eigenvalue weighted by atomic mass is 16.5. The Hall–Kier alpha value is -2.94. The molecule has 1 fully saturated rings. The van der Waals surface area contributed by atoms with Crippen LogP contribution in [0.15, 0.2) is 42.5 Å². The third-order valence-electron chi connectivity index (χ3n) is 6.32. The molecule has 0 aromatic heterocycles. The van der Waals surface area contributed by atoms with Gasteiger partial charge in [0.25, 0.3) is 5.91 Å². The summed E-state index contributed by atoms with van der Waals surface area (Å²) in [4.78, 5) is 28.1. The van der Waals surface area contributed by atoms with E-state index in [0.29, 0.717) is 22.8 Å². The number of hydroxylamine groups is 2. The zero-order valence-electron chi connectivity index (χ0n) is 18.4. The number of nitrogens with zero attached hydrogens (tertiary/aromatic N) is 3. The van der Waals surface area contributed by atoms with Crippen LogP contribution in [0.2, 0.25) is 0 Å². The second-order valence-corrected chi connectivity index (χ2v) is 8.38. The number of ether oxygens (including phenoxy) is 1. The van der Waals surface area contributed by atoms with E-state index >= 15 is 0 Å². The Morgan fingerprint density at radius 3 is 2.44 bits per heavy atom. The number of rotatable bonds is 6. The number of hydrogen-bond donors (Lipinski definition) is 2. The molecule has 32 heavy (non-hydrogen) atoms. The summed E-state index contributed by atoms with van der Waals surface area (Å²) in [5, 5.41) is 10.0. The van der Waals surface area contributed by atoms with Gasteiger partial charge in [-0.25, -0.2) is 5.06 Å². The topological polar surface area (TPSA) is 99.3 Å². The summed E-state index contributed by atoms with van der Waals surface area (Å²) in [6, 6.07) is 13.1. The summed E-state index contributed by atoms with van der Waals surface area (Å²) in [7, 11) is 1.34. The van der Waals surface area contributed by atoms with Crippen LogP contribution in [0.5, 0.6) is 0 Å². The van der Waals surface area contributed by atoms with Crippen molar-refractivity contribution in [3.63, 3.8) is 0 Å². The molecule has 8 nitrogen and oxygen atoms in total. The molecule has 1 atom stereocenters. The standard InChI is InChI=1S/C24H30N4O4/c1-26(31)24(30)19-4-7-21-18(16-19)9-15-32-22(21)8-10-27-11-13-28(14-12-27)20-5-2-17(3-6-20)23(25)29/h2-7,16,22,31H,8-15H2,1H3,(H2,25,29)/t22-/m0/s1. The number of hydrogen-bond acceptors (Lipinski definition) is 6. The van der Waals surface area contributed by atoms with Gasteiger partial charge >= 0.3 is 0 Å². The zero-order valence-corrected chi connectivity index (χ0v) is 18.4. The highest BCUT2D eigenvalue weighted by molar-refractivity contribution is 5.93. The Balaban J connectivity index is 1.31. The second-order valence-electron chi connectivity index (χ2n) is 8.38. The van der Waals surface area contributed by atoms with Crippen molar-refractivity contribution in [2.45, 2.75) is 18.9 Å². The first-order valence-corrected chi connectivity index (χ1v) is 11.0. The van der Waals surface area contributed by atoms with Gasteiger partial charge < -0.3 is 15.4 Å². The molecule has 0 radical (unpaired) electrons. The molecule has 2 aromatic rings. The van der Waals surface area contributed by atoms with Gasteiger partial charge in [0.2, 0.25) is 5.91 Å². The molecule has 170 valence electrons. The number of primary amides is 1. The summed E-state index contributed by atoms with van der Waals surface area (Å²) < 4.78 is 6.04. The fourth-order valence-corrected chi connectivity index (χ4v) is 4.46. The lowest BCUT2D eigenvalue weighted by atomic mass is 9.93. The smallest absolute Gasteiger partial charge is 0.276 e. The lowest BCUT2D eigenvalue weighted by Gasteiger charge is -2.37. The van der Waals surface area contributed by atoms with Gasteiger partial charge in [0.05, 0.1) is 12.7 Å². The first-order valence-electron chi connectivity index (χ1n) is 11.0. The van der Waals surface area contributed by atoms with Crippen molar-refractivity contribution in [2.24, 2.45) is 5.73 Å². The van der Waals surface area contributed by atoms with E-state index in [1.165, 1.54) is 7.05 Å². The maximum Gasteiger partial charge on any atom is 0.276 e. The molecular formula is C24H30N4O4. The predicted molar refractivity (Wildman–Crippen MR) is 121 cm³/mol. The molecule has 8 heteroatoms. The van der Waals surface area contributed by atoms with Gasteiger partial charge in [-0.1, -0.05) is 6.07 Å². The van der Waals surface area contributed by atoms with E-state index in [1.807, 2.05) is 24.3 Å². The molecule has 2 aromatic carbocycles. The molecule has 1 saturated heterocycles. The summed E-state index contributed by atoms with van der Waals surface area (Å²) in [6.45, 7) is 5.37. The van der Waals surface area contributed by atoms with Gasteiger partial charge in [0.1, 0.15) is 0 Å². The van der Waals surface area contributed by atoms with Gasteiger partial charge in [-0.05, 0) is 60.4 Å². The van der Waals surface area contributed by atoms with E-state index in [9.17, 15) is 14.8 Å². The molecule has 0 unspecified atom stereocenters. The Morgan fingerprint density at radius 1 is 1.09 bits per heavy atom. The van der Waals surface area contributed by atoms with Gasteiger partial charge in [0.15, 0.2) is 0 Å². The zero-order chi connectivity index (χ0) is 22.7. The molecule has 2 aliphatic heterocycles. The van der Waals surface area contributed by atoms with Crippen LogP contribution >= 0.6 is 0 Å². The molecule has 0 saturated carbocycles. The second kappa shape index (κ2) is 9.68. The molecule has 2 aliphatic rings. The van der Waals surface area contributed by atoms with Crippen molar-refractivity contribution in [1.29, 1.82) is 0 Å². The van der Waals surface area contributed by atoms with Crippen LogP contribution in [-0.4, -0.2) is 73.4 Å². The SMILES string of the molecule is CN(O)C(=O)c1ccc2c(c1)CCO[C@H]2CCN1CCN(c2ccc(C(N)=O)cc2)CC1. The van der Waals surface area contributed by atoms with Crippen molar-refractivity contribution in [3.8, 4) is 0 Å². The molecule has 3 N–H and O–H groups in total. The van der Waals surface area contributed by atoms with Crippen molar-refractivity contribution in [3.05, 3.63) is 64.7 Å². The number of amides is 2. The average Bonchev–Trinajstić information content (AvgIpc) is 2.82. The van der Waals surface area contributed by atoms with Gasteiger partial charge in [-0.15, -0.1) is 0 Å². The largest absolute Gasteiger partial charge is 0.373 e. The van der Waals surface area contributed by atoms with E-state index in [1.54, 1.807) is 18.2 Å². The summed E-state index contributed by atoms with van der Waals surface area (Å²) in [6.07, 6.45) is 1.69. The van der Waals surface area contributed by atoms with Crippen LogP contribution < -0.4 is 10.6 Å². The van der Waals surface area contributed by atoms with E-state index in [-0.39, 0.29) is 6.10 Å². The number of carbonyl (C=O) groups is 2. The number of benzene rings is 2. The summed E-state index contributed by atoms with van der Waals surface area (Å²) >= 11 is 0. The number of fused-ring (bicyclic) bond motifs is 1. The highest BCUT2D eigenvalue weighted by Crippen LogP contribution is 2.31. The lowest BCUT2D eigenvalue weighted by molar-refractivity contribution is -0.0375. The minimum absolute atomic E-state index is 0.0223. The Labute approximate surface area is 188 Å². The molecular weight excluding hydrogens is 408 g/mol. The quantitative estimate of drug-likeness (QED) is 0.529. The Morgan fingerprint density at radius 2 is 1.78 bits per heavy atom. The van der Waals surface area contributed by atoms with Gasteiger partial charge in [-0.2, -0.15) is 0 Å². The van der Waals surface area contributed by atoms with Crippen molar-refractivity contribution < 1.29 is 19.5 Å². The normalized spacial score (nSPS) is 18.8. The van der Waals surface area contributed by atoms with Crippen LogP contribution in [0.4, 0.5) is 5.69 Å². The van der Waals surface area contributed by atoms with Gasteiger partial charge in [-0.3, -0.25) is 19.7 Å². The third kappa shape index (κ3) is 4.93. The van der Waals surface area contributed by atoms with Crippen LogP contribution in [0.3, 0.4) is 0 Å². The fourth-order valence-electron chi connectivity index (χ4n) is 4.46. The maximum absolute atomic E-state index is 12.0. The minimum Gasteiger partial charge on any atom is -0.373 e. The number of anilines is 1. The highest BCUT2D eigenvalue weighted by Gasteiger charge is 2.24. The van der Waals surface area contributed by atoms with Crippen molar-refractivity contribution in [1.82, 2.24) is 9.96 Å².